The fourth-order valence-electron chi connectivity index (χ4n) is 2.38. The van der Waals surface area contributed by atoms with Crippen LogP contribution in [0.5, 0.6) is 5.75 Å². The number of rotatable bonds is 4. The van der Waals surface area contributed by atoms with E-state index < -0.39 is 0 Å². The van der Waals surface area contributed by atoms with Crippen molar-refractivity contribution in [3.05, 3.63) is 24.3 Å². The van der Waals surface area contributed by atoms with Gasteiger partial charge >= 0.3 is 0 Å². The number of methoxy groups -OCH3 is 1. The van der Waals surface area contributed by atoms with Gasteiger partial charge in [-0.2, -0.15) is 0 Å². The van der Waals surface area contributed by atoms with Gasteiger partial charge < -0.3 is 15.2 Å². The summed E-state index contributed by atoms with van der Waals surface area (Å²) >= 11 is 0. The SMILES string of the molecule is COc1cccc(NC2(CO)CCCC2)c1. The lowest BCUT2D eigenvalue weighted by atomic mass is 9.98. The molecule has 2 N–H and O–H groups in total. The van der Waals surface area contributed by atoms with Gasteiger partial charge in [0, 0.05) is 11.8 Å². The molecule has 1 aromatic rings. The van der Waals surface area contributed by atoms with Gasteiger partial charge in [0.05, 0.1) is 19.3 Å². The Bertz CT molecular complexity index is 346. The largest absolute Gasteiger partial charge is 0.497 e. The molecule has 88 valence electrons. The molecule has 0 bridgehead atoms. The highest BCUT2D eigenvalue weighted by Gasteiger charge is 2.32. The molecular formula is C13H19NO2. The first-order chi connectivity index (χ1) is 7.78. The third kappa shape index (κ3) is 2.30. The molecule has 0 aliphatic heterocycles. The summed E-state index contributed by atoms with van der Waals surface area (Å²) in [6.07, 6.45) is 4.47. The summed E-state index contributed by atoms with van der Waals surface area (Å²) in [5, 5.41) is 13.0. The number of aliphatic hydroxyl groups excluding tert-OH is 1. The molecule has 0 spiro atoms. The van der Waals surface area contributed by atoms with Crippen molar-refractivity contribution in [2.24, 2.45) is 0 Å². The maximum absolute atomic E-state index is 9.51. The molecule has 0 amide bonds. The highest BCUT2D eigenvalue weighted by Crippen LogP contribution is 2.33. The number of hydrogen-bond acceptors (Lipinski definition) is 3. The molecule has 0 aromatic heterocycles. The maximum Gasteiger partial charge on any atom is 0.120 e. The number of hydrogen-bond donors (Lipinski definition) is 2. The highest BCUT2D eigenvalue weighted by atomic mass is 16.5. The van der Waals surface area contributed by atoms with Crippen LogP contribution in [0.3, 0.4) is 0 Å². The first-order valence-corrected chi connectivity index (χ1v) is 5.81. The first-order valence-electron chi connectivity index (χ1n) is 5.81. The Balaban J connectivity index is 2.12. The van der Waals surface area contributed by atoms with E-state index in [1.54, 1.807) is 7.11 Å². The smallest absolute Gasteiger partial charge is 0.120 e. The molecule has 1 aromatic carbocycles. The Morgan fingerprint density at radius 2 is 2.12 bits per heavy atom. The van der Waals surface area contributed by atoms with Crippen LogP contribution in [0.4, 0.5) is 5.69 Å². The van der Waals surface area contributed by atoms with Crippen molar-refractivity contribution in [1.29, 1.82) is 0 Å². The maximum atomic E-state index is 9.51. The standard InChI is InChI=1S/C13H19NO2/c1-16-12-6-4-5-11(9-12)14-13(10-15)7-2-3-8-13/h4-6,9,14-15H,2-3,7-8,10H2,1H3. The minimum absolute atomic E-state index is 0.119. The fraction of sp³-hybridized carbons (Fsp3) is 0.538. The van der Waals surface area contributed by atoms with Gasteiger partial charge in [0.15, 0.2) is 0 Å². The Morgan fingerprint density at radius 3 is 2.75 bits per heavy atom. The zero-order valence-corrected chi connectivity index (χ0v) is 9.70. The summed E-state index contributed by atoms with van der Waals surface area (Å²) in [4.78, 5) is 0. The van der Waals surface area contributed by atoms with E-state index in [4.69, 9.17) is 4.74 Å². The van der Waals surface area contributed by atoms with Gasteiger partial charge in [0.2, 0.25) is 0 Å². The fourth-order valence-corrected chi connectivity index (χ4v) is 2.38. The van der Waals surface area contributed by atoms with Crippen LogP contribution in [0.15, 0.2) is 24.3 Å². The van der Waals surface area contributed by atoms with E-state index >= 15 is 0 Å². The van der Waals surface area contributed by atoms with Crippen molar-refractivity contribution in [3.8, 4) is 5.75 Å². The second-order valence-corrected chi connectivity index (χ2v) is 4.50. The van der Waals surface area contributed by atoms with Crippen LogP contribution in [0, 0.1) is 0 Å². The summed E-state index contributed by atoms with van der Waals surface area (Å²) in [5.74, 6) is 0.844. The van der Waals surface area contributed by atoms with Gasteiger partial charge in [-0.05, 0) is 25.0 Å². The lowest BCUT2D eigenvalue weighted by molar-refractivity contribution is 0.214. The molecule has 16 heavy (non-hydrogen) atoms. The van der Waals surface area contributed by atoms with Crippen LogP contribution < -0.4 is 10.1 Å². The average Bonchev–Trinajstić information content (AvgIpc) is 2.78. The molecule has 2 rings (SSSR count). The quantitative estimate of drug-likeness (QED) is 0.820. The van der Waals surface area contributed by atoms with Crippen LogP contribution in [0.2, 0.25) is 0 Å². The topological polar surface area (TPSA) is 41.5 Å². The highest BCUT2D eigenvalue weighted by molar-refractivity contribution is 5.50. The second kappa shape index (κ2) is 4.74. The molecule has 0 unspecified atom stereocenters. The van der Waals surface area contributed by atoms with E-state index in [0.29, 0.717) is 0 Å². The van der Waals surface area contributed by atoms with Gasteiger partial charge in [0.1, 0.15) is 5.75 Å². The van der Waals surface area contributed by atoms with Gasteiger partial charge in [-0.25, -0.2) is 0 Å². The molecule has 0 atom stereocenters. The van der Waals surface area contributed by atoms with Crippen LogP contribution in [-0.2, 0) is 0 Å². The molecule has 1 aliphatic carbocycles. The summed E-state index contributed by atoms with van der Waals surface area (Å²) in [6.45, 7) is 0.199. The Morgan fingerprint density at radius 1 is 1.38 bits per heavy atom. The number of benzene rings is 1. The number of ether oxygens (including phenoxy) is 1. The third-order valence-corrected chi connectivity index (χ3v) is 3.34. The molecule has 3 heteroatoms. The van der Waals surface area contributed by atoms with E-state index in [1.165, 1.54) is 12.8 Å². The minimum Gasteiger partial charge on any atom is -0.497 e. The monoisotopic (exact) mass is 221 g/mol. The summed E-state index contributed by atoms with van der Waals surface area (Å²) in [6, 6.07) is 7.86. The number of aliphatic hydroxyl groups is 1. The van der Waals surface area contributed by atoms with Crippen LogP contribution in [0.25, 0.3) is 0 Å². The lowest BCUT2D eigenvalue weighted by Crippen LogP contribution is -2.38. The van der Waals surface area contributed by atoms with E-state index in [0.717, 1.165) is 24.3 Å². The van der Waals surface area contributed by atoms with Crippen molar-refractivity contribution in [1.82, 2.24) is 0 Å². The summed E-state index contributed by atoms with van der Waals surface area (Å²) in [7, 11) is 1.66. The normalized spacial score (nSPS) is 18.4. The summed E-state index contributed by atoms with van der Waals surface area (Å²) in [5.41, 5.74) is 0.905. The van der Waals surface area contributed by atoms with Crippen molar-refractivity contribution < 1.29 is 9.84 Å². The Kier molecular flexibility index (Phi) is 3.34. The molecule has 1 aliphatic rings. The Labute approximate surface area is 96.4 Å². The van der Waals surface area contributed by atoms with E-state index in [-0.39, 0.29) is 12.1 Å². The molecule has 0 radical (unpaired) electrons. The first kappa shape index (κ1) is 11.3. The van der Waals surface area contributed by atoms with Gasteiger partial charge in [-0.3, -0.25) is 0 Å². The van der Waals surface area contributed by atoms with E-state index in [9.17, 15) is 5.11 Å². The van der Waals surface area contributed by atoms with E-state index in [2.05, 4.69) is 5.32 Å². The predicted molar refractivity (Wildman–Crippen MR) is 64.9 cm³/mol. The molecule has 0 saturated heterocycles. The van der Waals surface area contributed by atoms with Crippen molar-refractivity contribution >= 4 is 5.69 Å². The van der Waals surface area contributed by atoms with Crippen LogP contribution in [-0.4, -0.2) is 24.4 Å². The van der Waals surface area contributed by atoms with Crippen LogP contribution in [0.1, 0.15) is 25.7 Å². The third-order valence-electron chi connectivity index (χ3n) is 3.34. The van der Waals surface area contributed by atoms with Gasteiger partial charge in [-0.1, -0.05) is 18.9 Å². The second-order valence-electron chi connectivity index (χ2n) is 4.50. The van der Waals surface area contributed by atoms with Crippen molar-refractivity contribution in [3.63, 3.8) is 0 Å². The van der Waals surface area contributed by atoms with E-state index in [1.807, 2.05) is 24.3 Å². The van der Waals surface area contributed by atoms with Crippen LogP contribution >= 0.6 is 0 Å². The van der Waals surface area contributed by atoms with Gasteiger partial charge in [0.25, 0.3) is 0 Å². The molecule has 1 fully saturated rings. The molecular weight excluding hydrogens is 202 g/mol. The number of anilines is 1. The average molecular weight is 221 g/mol. The summed E-state index contributed by atoms with van der Waals surface area (Å²) < 4.78 is 5.18. The molecule has 3 nitrogen and oxygen atoms in total. The van der Waals surface area contributed by atoms with Gasteiger partial charge in [-0.15, -0.1) is 0 Å². The molecule has 1 saturated carbocycles. The zero-order valence-electron chi connectivity index (χ0n) is 9.70. The minimum atomic E-state index is -0.119. The van der Waals surface area contributed by atoms with Crippen molar-refractivity contribution in [2.75, 3.05) is 19.0 Å². The zero-order chi connectivity index (χ0) is 11.4. The predicted octanol–water partition coefficient (Wildman–Crippen LogP) is 2.41. The lowest BCUT2D eigenvalue weighted by Gasteiger charge is -2.29. The van der Waals surface area contributed by atoms with Crippen molar-refractivity contribution in [2.45, 2.75) is 31.2 Å². The Hall–Kier alpha value is -1.22. The molecule has 0 heterocycles. The number of nitrogens with one attached hydrogen (secondary N) is 1.